The van der Waals surface area contributed by atoms with Crippen LogP contribution < -0.4 is 15.4 Å². The zero-order valence-corrected chi connectivity index (χ0v) is 15.1. The van der Waals surface area contributed by atoms with Crippen molar-refractivity contribution in [2.45, 2.75) is 12.0 Å². The number of aromatic nitrogens is 2. The minimum absolute atomic E-state index is 0.0234. The van der Waals surface area contributed by atoms with Crippen LogP contribution >= 0.6 is 0 Å². The van der Waals surface area contributed by atoms with Crippen molar-refractivity contribution in [1.29, 1.82) is 0 Å². The average molecular weight is 404 g/mol. The van der Waals surface area contributed by atoms with Crippen LogP contribution in [0.5, 0.6) is 5.75 Å². The van der Waals surface area contributed by atoms with Gasteiger partial charge in [0.2, 0.25) is 11.8 Å². The first kappa shape index (κ1) is 18.8. The lowest BCUT2D eigenvalue weighted by Gasteiger charge is -2.19. The third-order valence-electron chi connectivity index (χ3n) is 4.64. The van der Waals surface area contributed by atoms with Crippen molar-refractivity contribution in [3.05, 3.63) is 59.4 Å². The fourth-order valence-corrected chi connectivity index (χ4v) is 3.21. The summed E-state index contributed by atoms with van der Waals surface area (Å²) in [6, 6.07) is 6.36. The molecule has 1 fully saturated rings. The minimum atomic E-state index is -1.03. The first-order valence-electron chi connectivity index (χ1n) is 8.63. The number of carbonyl (C=O) groups excluding carboxylic acids is 1. The number of amides is 1. The number of nitrogens with zero attached hydrogens (tertiary/aromatic N) is 2. The van der Waals surface area contributed by atoms with Crippen molar-refractivity contribution in [2.24, 2.45) is 0 Å². The van der Waals surface area contributed by atoms with Crippen molar-refractivity contribution >= 4 is 11.9 Å². The lowest BCUT2D eigenvalue weighted by atomic mass is 9.93. The van der Waals surface area contributed by atoms with Gasteiger partial charge >= 0.3 is 6.01 Å². The molecule has 4 rings (SSSR count). The van der Waals surface area contributed by atoms with Gasteiger partial charge < -0.3 is 19.8 Å². The van der Waals surface area contributed by atoms with E-state index in [0.29, 0.717) is 5.56 Å². The van der Waals surface area contributed by atoms with Gasteiger partial charge in [0.1, 0.15) is 29.2 Å². The Morgan fingerprint density at radius 3 is 2.48 bits per heavy atom. The Morgan fingerprint density at radius 2 is 1.83 bits per heavy atom. The SMILES string of the molecule is COc1cc(F)c([C@@H]2CNC(=O)[C@H]2Nc2nnc(-c3ccc(F)cc3)o2)c(F)c1. The summed E-state index contributed by atoms with van der Waals surface area (Å²) in [4.78, 5) is 12.2. The summed E-state index contributed by atoms with van der Waals surface area (Å²) < 4.78 is 52.3. The van der Waals surface area contributed by atoms with Gasteiger partial charge in [-0.15, -0.1) is 5.10 Å². The van der Waals surface area contributed by atoms with Gasteiger partial charge in [-0.2, -0.15) is 0 Å². The quantitative estimate of drug-likeness (QED) is 0.680. The third-order valence-corrected chi connectivity index (χ3v) is 4.64. The van der Waals surface area contributed by atoms with Gasteiger partial charge in [0.25, 0.3) is 0 Å². The first-order valence-corrected chi connectivity index (χ1v) is 8.63. The van der Waals surface area contributed by atoms with Crippen LogP contribution in [0.4, 0.5) is 19.2 Å². The van der Waals surface area contributed by atoms with Crippen LogP contribution in [-0.4, -0.2) is 35.8 Å². The molecule has 150 valence electrons. The monoisotopic (exact) mass is 404 g/mol. The molecule has 0 unspecified atom stereocenters. The lowest BCUT2D eigenvalue weighted by molar-refractivity contribution is -0.119. The number of ether oxygens (including phenoxy) is 1. The molecule has 2 aromatic carbocycles. The second kappa shape index (κ2) is 7.46. The molecule has 7 nitrogen and oxygen atoms in total. The van der Waals surface area contributed by atoms with E-state index in [1.807, 2.05) is 0 Å². The summed E-state index contributed by atoms with van der Waals surface area (Å²) in [5.74, 6) is -3.25. The molecule has 2 N–H and O–H groups in total. The first-order chi connectivity index (χ1) is 14.0. The zero-order valence-electron chi connectivity index (χ0n) is 15.1. The van der Waals surface area contributed by atoms with Crippen molar-refractivity contribution < 1.29 is 27.1 Å². The lowest BCUT2D eigenvalue weighted by Crippen LogP contribution is -2.33. The fourth-order valence-electron chi connectivity index (χ4n) is 3.21. The molecule has 1 saturated heterocycles. The third kappa shape index (κ3) is 3.60. The summed E-state index contributed by atoms with van der Waals surface area (Å²) in [7, 11) is 1.30. The summed E-state index contributed by atoms with van der Waals surface area (Å²) in [6.45, 7) is 0.0234. The predicted octanol–water partition coefficient (Wildman–Crippen LogP) is 2.86. The summed E-state index contributed by atoms with van der Waals surface area (Å²) in [6.07, 6.45) is 0. The molecule has 0 saturated carbocycles. The van der Waals surface area contributed by atoms with Gasteiger partial charge in [-0.3, -0.25) is 4.79 Å². The maximum absolute atomic E-state index is 14.5. The molecular weight excluding hydrogens is 389 g/mol. The highest BCUT2D eigenvalue weighted by atomic mass is 19.1. The minimum Gasteiger partial charge on any atom is -0.497 e. The largest absolute Gasteiger partial charge is 0.497 e. The number of methoxy groups -OCH3 is 1. The van der Waals surface area contributed by atoms with E-state index in [4.69, 9.17) is 9.15 Å². The van der Waals surface area contributed by atoms with Gasteiger partial charge in [-0.25, -0.2) is 13.2 Å². The van der Waals surface area contributed by atoms with Crippen LogP contribution in [0.1, 0.15) is 11.5 Å². The Kier molecular flexibility index (Phi) is 4.83. The van der Waals surface area contributed by atoms with E-state index in [0.717, 1.165) is 12.1 Å². The molecule has 0 aliphatic carbocycles. The summed E-state index contributed by atoms with van der Waals surface area (Å²) >= 11 is 0. The van der Waals surface area contributed by atoms with Crippen LogP contribution in [0.3, 0.4) is 0 Å². The van der Waals surface area contributed by atoms with Crippen LogP contribution in [0, 0.1) is 17.5 Å². The van der Waals surface area contributed by atoms with Gasteiger partial charge in [0, 0.05) is 35.7 Å². The van der Waals surface area contributed by atoms with Crippen LogP contribution in [0.2, 0.25) is 0 Å². The Balaban J connectivity index is 1.59. The normalized spacial score (nSPS) is 18.6. The number of hydrogen-bond acceptors (Lipinski definition) is 6. The molecule has 0 radical (unpaired) electrons. The topological polar surface area (TPSA) is 89.3 Å². The van der Waals surface area contributed by atoms with E-state index in [-0.39, 0.29) is 29.8 Å². The predicted molar refractivity (Wildman–Crippen MR) is 95.8 cm³/mol. The van der Waals surface area contributed by atoms with Gasteiger partial charge in [-0.1, -0.05) is 5.10 Å². The van der Waals surface area contributed by atoms with E-state index in [1.54, 1.807) is 0 Å². The second-order valence-corrected chi connectivity index (χ2v) is 6.40. The van der Waals surface area contributed by atoms with Crippen LogP contribution in [0.25, 0.3) is 11.5 Å². The van der Waals surface area contributed by atoms with Crippen LogP contribution in [0.15, 0.2) is 40.8 Å². The van der Waals surface area contributed by atoms with Gasteiger partial charge in [0.05, 0.1) is 7.11 Å². The Hall–Kier alpha value is -3.56. The Morgan fingerprint density at radius 1 is 1.14 bits per heavy atom. The molecule has 2 heterocycles. The van der Waals surface area contributed by atoms with E-state index in [2.05, 4.69) is 20.8 Å². The number of carbonyl (C=O) groups is 1. The summed E-state index contributed by atoms with van der Waals surface area (Å²) in [5, 5.41) is 12.9. The maximum atomic E-state index is 14.5. The molecule has 3 aromatic rings. The zero-order chi connectivity index (χ0) is 20.5. The molecule has 0 bridgehead atoms. The highest BCUT2D eigenvalue weighted by Gasteiger charge is 2.40. The molecule has 10 heteroatoms. The van der Waals surface area contributed by atoms with Crippen molar-refractivity contribution in [3.63, 3.8) is 0 Å². The van der Waals surface area contributed by atoms with Gasteiger partial charge in [-0.05, 0) is 24.3 Å². The molecule has 1 aliphatic heterocycles. The second-order valence-electron chi connectivity index (χ2n) is 6.40. The molecule has 1 aromatic heterocycles. The molecule has 0 spiro atoms. The molecule has 2 atom stereocenters. The maximum Gasteiger partial charge on any atom is 0.316 e. The molecule has 1 amide bonds. The van der Waals surface area contributed by atoms with Crippen molar-refractivity contribution in [3.8, 4) is 17.2 Å². The Bertz CT molecular complexity index is 1030. The fraction of sp³-hybridized carbons (Fsp3) is 0.211. The smallest absolute Gasteiger partial charge is 0.316 e. The number of anilines is 1. The Labute approximate surface area is 162 Å². The van der Waals surface area contributed by atoms with Crippen molar-refractivity contribution in [2.75, 3.05) is 19.0 Å². The van der Waals surface area contributed by atoms with Crippen LogP contribution in [-0.2, 0) is 4.79 Å². The number of halogens is 3. The summed E-state index contributed by atoms with van der Waals surface area (Å²) in [5.41, 5.74) is 0.228. The number of rotatable bonds is 5. The molecule has 29 heavy (non-hydrogen) atoms. The number of nitrogens with one attached hydrogen (secondary N) is 2. The highest BCUT2D eigenvalue weighted by Crippen LogP contribution is 2.33. The molecule has 1 aliphatic rings. The van der Waals surface area contributed by atoms with E-state index < -0.39 is 35.3 Å². The van der Waals surface area contributed by atoms with Gasteiger partial charge in [0.15, 0.2) is 0 Å². The standard InChI is InChI=1S/C19H15F3N4O3/c1-28-11-6-13(21)15(14(22)7-11)12-8-23-17(27)16(12)24-19-26-25-18(29-19)9-2-4-10(20)5-3-9/h2-7,12,16H,8H2,1H3,(H,23,27)(H,24,26)/t12-,16-/m0/s1. The average Bonchev–Trinajstić information content (AvgIpc) is 3.30. The number of hydrogen-bond donors (Lipinski definition) is 2. The van der Waals surface area contributed by atoms with E-state index >= 15 is 0 Å². The van der Waals surface area contributed by atoms with E-state index in [9.17, 15) is 18.0 Å². The van der Waals surface area contributed by atoms with E-state index in [1.165, 1.54) is 31.4 Å². The highest BCUT2D eigenvalue weighted by molar-refractivity contribution is 5.88. The van der Waals surface area contributed by atoms with Crippen molar-refractivity contribution in [1.82, 2.24) is 15.5 Å². The number of benzene rings is 2. The molecular formula is C19H15F3N4O3.